The van der Waals surface area contributed by atoms with Crippen LogP contribution in [-0.2, 0) is 26.6 Å². The van der Waals surface area contributed by atoms with Gasteiger partial charge in [-0.1, -0.05) is 29.3 Å². The van der Waals surface area contributed by atoms with Crippen LogP contribution in [0.15, 0.2) is 85.5 Å². The first-order valence-electron chi connectivity index (χ1n) is 16.4. The number of carbonyl (C=O) groups is 2. The molecule has 4 aromatic rings. The number of imide groups is 1. The fraction of sp³-hybridized carbons (Fsp3) is 0.361. The molecular weight excluding hydrogens is 667 g/mol. The van der Waals surface area contributed by atoms with Gasteiger partial charge in [-0.25, -0.2) is 14.7 Å². The lowest BCUT2D eigenvalue weighted by Gasteiger charge is -2.37. The number of aromatic nitrogens is 2. The van der Waals surface area contributed by atoms with E-state index in [0.29, 0.717) is 47.6 Å². The topological polar surface area (TPSA) is 92.6 Å². The molecule has 13 heteroatoms. The number of amides is 3. The molecule has 49 heavy (non-hydrogen) atoms. The number of nitrogens with zero attached hydrogens (tertiary/aromatic N) is 6. The van der Waals surface area contributed by atoms with Gasteiger partial charge in [0.1, 0.15) is 24.5 Å². The number of likely N-dealkylation sites (N-methyl/N-ethyl adjacent to an activating group) is 1. The van der Waals surface area contributed by atoms with E-state index in [4.69, 9.17) is 37.4 Å². The predicted octanol–water partition coefficient (Wildman–Crippen LogP) is 6.04. The Morgan fingerprint density at radius 1 is 0.918 bits per heavy atom. The summed E-state index contributed by atoms with van der Waals surface area (Å²) in [6, 6.07) is 20.4. The molecule has 1 aromatic heterocycles. The Bertz CT molecular complexity index is 1780. The molecule has 0 bridgehead atoms. The number of ether oxygens (including phenoxy) is 3. The first kappa shape index (κ1) is 33.2. The van der Waals surface area contributed by atoms with Gasteiger partial charge in [0.05, 0.1) is 30.2 Å². The van der Waals surface area contributed by atoms with Crippen LogP contribution in [0.2, 0.25) is 10.0 Å². The molecule has 3 saturated heterocycles. The quantitative estimate of drug-likeness (QED) is 0.185. The number of urea groups is 1. The second kappa shape index (κ2) is 13.9. The van der Waals surface area contributed by atoms with E-state index < -0.39 is 11.8 Å². The molecule has 0 aliphatic carbocycles. The maximum atomic E-state index is 12.8. The summed E-state index contributed by atoms with van der Waals surface area (Å²) in [5.41, 5.74) is 3.50. The molecule has 3 aromatic carbocycles. The van der Waals surface area contributed by atoms with E-state index in [2.05, 4.69) is 26.9 Å². The number of benzene rings is 3. The zero-order valence-corrected chi connectivity index (χ0v) is 28.9. The van der Waals surface area contributed by atoms with Gasteiger partial charge in [0, 0.05) is 67.1 Å². The van der Waals surface area contributed by atoms with Crippen molar-refractivity contribution in [1.82, 2.24) is 14.5 Å². The van der Waals surface area contributed by atoms with Gasteiger partial charge >= 0.3 is 6.03 Å². The molecule has 3 amide bonds. The van der Waals surface area contributed by atoms with Crippen LogP contribution in [0.25, 0.3) is 0 Å². The summed E-state index contributed by atoms with van der Waals surface area (Å²) in [6.07, 6.45) is 4.96. The van der Waals surface area contributed by atoms with Gasteiger partial charge in [-0.2, -0.15) is 0 Å². The monoisotopic (exact) mass is 704 g/mol. The Labute approximate surface area is 295 Å². The van der Waals surface area contributed by atoms with Gasteiger partial charge in [0.15, 0.2) is 0 Å². The van der Waals surface area contributed by atoms with E-state index in [9.17, 15) is 9.59 Å². The SMILES string of the molecule is CCN1C(=O)N(c2ccc(N3CCN(c4ccc(OC[C@@H]5CO[C@@](Cn6ccnc6)(c6ccc(Cl)cc6Cl)O5)cc4)CC3)cc2)C(=O)C1C. The third-order valence-corrected chi connectivity index (χ3v) is 9.91. The second-order valence-corrected chi connectivity index (χ2v) is 13.2. The number of hydrogen-bond donors (Lipinski definition) is 0. The van der Waals surface area contributed by atoms with Gasteiger partial charge in [0.2, 0.25) is 5.79 Å². The zero-order valence-electron chi connectivity index (χ0n) is 27.4. The lowest BCUT2D eigenvalue weighted by molar-refractivity contribution is -0.189. The van der Waals surface area contributed by atoms with E-state index >= 15 is 0 Å². The highest BCUT2D eigenvalue weighted by molar-refractivity contribution is 6.35. The number of piperazine rings is 1. The van der Waals surface area contributed by atoms with Crippen molar-refractivity contribution in [3.8, 4) is 5.75 Å². The van der Waals surface area contributed by atoms with E-state index in [-0.39, 0.29) is 18.0 Å². The number of anilines is 3. The molecular formula is C36H38Cl2N6O5. The standard InChI is InChI=1S/C36H38Cl2N6O5/c1-3-43-25(2)34(45)44(35(43)46)29-7-5-27(6-8-29)41-16-18-42(19-17-41)28-9-11-30(12-10-28)47-21-31-22-48-36(49-31,23-40-15-14-39-24-40)32-13-4-26(37)20-33(32)38/h4-15,20,24-25,31H,3,16-19,21-23H2,1-2H3/t25?,31-,36-/m1/s1. The summed E-state index contributed by atoms with van der Waals surface area (Å²) in [4.78, 5) is 37.2. The highest BCUT2D eigenvalue weighted by Gasteiger charge is 2.45. The van der Waals surface area contributed by atoms with Crippen LogP contribution in [0.1, 0.15) is 19.4 Å². The van der Waals surface area contributed by atoms with Crippen molar-refractivity contribution in [3.63, 3.8) is 0 Å². The largest absolute Gasteiger partial charge is 0.491 e. The number of rotatable bonds is 10. The van der Waals surface area contributed by atoms with Crippen molar-refractivity contribution >= 4 is 52.2 Å². The van der Waals surface area contributed by atoms with E-state index in [1.54, 1.807) is 36.5 Å². The molecule has 3 atom stereocenters. The third-order valence-electron chi connectivity index (χ3n) is 9.36. The van der Waals surface area contributed by atoms with Crippen LogP contribution in [0.4, 0.5) is 21.9 Å². The highest BCUT2D eigenvalue weighted by atomic mass is 35.5. The van der Waals surface area contributed by atoms with Crippen molar-refractivity contribution in [1.29, 1.82) is 0 Å². The number of hydrogen-bond acceptors (Lipinski definition) is 8. The summed E-state index contributed by atoms with van der Waals surface area (Å²) >= 11 is 12.8. The molecule has 0 radical (unpaired) electrons. The molecule has 256 valence electrons. The van der Waals surface area contributed by atoms with Crippen molar-refractivity contribution in [2.24, 2.45) is 0 Å². The first-order valence-corrected chi connectivity index (χ1v) is 17.2. The fourth-order valence-electron chi connectivity index (χ4n) is 6.71. The maximum absolute atomic E-state index is 12.8. The van der Waals surface area contributed by atoms with Gasteiger partial charge in [-0.15, -0.1) is 0 Å². The Kier molecular flexibility index (Phi) is 9.43. The minimum atomic E-state index is -1.11. The van der Waals surface area contributed by atoms with Gasteiger partial charge in [-0.05, 0) is 74.5 Å². The molecule has 0 N–H and O–H groups in total. The molecule has 3 aliphatic heterocycles. The van der Waals surface area contributed by atoms with Gasteiger partial charge in [-0.3, -0.25) is 4.79 Å². The number of halogens is 2. The maximum Gasteiger partial charge on any atom is 0.332 e. The molecule has 0 spiro atoms. The van der Waals surface area contributed by atoms with Crippen LogP contribution >= 0.6 is 23.2 Å². The summed E-state index contributed by atoms with van der Waals surface area (Å²) < 4.78 is 20.8. The van der Waals surface area contributed by atoms with E-state index in [1.807, 2.05) is 60.2 Å². The van der Waals surface area contributed by atoms with Crippen LogP contribution in [0.3, 0.4) is 0 Å². The number of carbonyl (C=O) groups excluding carboxylic acids is 2. The Morgan fingerprint density at radius 2 is 1.57 bits per heavy atom. The lowest BCUT2D eigenvalue weighted by atomic mass is 10.1. The van der Waals surface area contributed by atoms with Crippen molar-refractivity contribution in [3.05, 3.63) is 101 Å². The van der Waals surface area contributed by atoms with Crippen LogP contribution in [-0.4, -0.2) is 84.5 Å². The molecule has 7 rings (SSSR count). The second-order valence-electron chi connectivity index (χ2n) is 12.4. The summed E-state index contributed by atoms with van der Waals surface area (Å²) in [5, 5.41) is 1.00. The fourth-order valence-corrected chi connectivity index (χ4v) is 7.26. The van der Waals surface area contributed by atoms with E-state index in [0.717, 1.165) is 43.3 Å². The van der Waals surface area contributed by atoms with Crippen LogP contribution < -0.4 is 19.4 Å². The van der Waals surface area contributed by atoms with Gasteiger partial charge < -0.3 is 33.5 Å². The van der Waals surface area contributed by atoms with Crippen molar-refractivity contribution in [2.45, 2.75) is 38.3 Å². The molecule has 3 fully saturated rings. The average Bonchev–Trinajstić information content (AvgIpc) is 3.83. The zero-order chi connectivity index (χ0) is 34.1. The Morgan fingerprint density at radius 3 is 2.16 bits per heavy atom. The predicted molar refractivity (Wildman–Crippen MR) is 189 cm³/mol. The molecule has 0 saturated carbocycles. The van der Waals surface area contributed by atoms with Crippen LogP contribution in [0.5, 0.6) is 5.75 Å². The molecule has 11 nitrogen and oxygen atoms in total. The van der Waals surface area contributed by atoms with Crippen LogP contribution in [0, 0.1) is 0 Å². The summed E-state index contributed by atoms with van der Waals surface area (Å²) in [7, 11) is 0. The van der Waals surface area contributed by atoms with Gasteiger partial charge in [0.25, 0.3) is 5.91 Å². The Hall–Kier alpha value is -4.29. The highest BCUT2D eigenvalue weighted by Crippen LogP contribution is 2.41. The van der Waals surface area contributed by atoms with Crippen molar-refractivity contribution < 1.29 is 23.8 Å². The summed E-state index contributed by atoms with van der Waals surface area (Å²) in [6.45, 7) is 8.57. The Balaban J connectivity index is 0.923. The minimum Gasteiger partial charge on any atom is -0.491 e. The minimum absolute atomic E-state index is 0.186. The first-order chi connectivity index (χ1) is 23.7. The molecule has 1 unspecified atom stereocenters. The van der Waals surface area contributed by atoms with E-state index in [1.165, 1.54) is 4.90 Å². The third kappa shape index (κ3) is 6.68. The molecule has 3 aliphatic rings. The number of imidazole rings is 1. The lowest BCUT2D eigenvalue weighted by Crippen LogP contribution is -2.46. The summed E-state index contributed by atoms with van der Waals surface area (Å²) in [5.74, 6) is -0.547. The normalized spacial score (nSPS) is 22.8. The average molecular weight is 706 g/mol. The smallest absolute Gasteiger partial charge is 0.332 e. The molecule has 4 heterocycles. The van der Waals surface area contributed by atoms with Crippen molar-refractivity contribution in [2.75, 3.05) is 60.6 Å².